The summed E-state index contributed by atoms with van der Waals surface area (Å²) in [5, 5.41) is 3.23. The molecule has 0 saturated carbocycles. The summed E-state index contributed by atoms with van der Waals surface area (Å²) in [7, 11) is 1.98. The molecule has 0 aliphatic carbocycles. The van der Waals surface area contributed by atoms with E-state index in [0.717, 1.165) is 25.5 Å². The molecular formula is C16H27N3O. The lowest BCUT2D eigenvalue weighted by Crippen LogP contribution is -2.46. The van der Waals surface area contributed by atoms with Crippen molar-refractivity contribution < 1.29 is 4.74 Å². The van der Waals surface area contributed by atoms with Gasteiger partial charge in [-0.05, 0) is 44.5 Å². The third kappa shape index (κ3) is 3.70. The molecule has 0 spiro atoms. The van der Waals surface area contributed by atoms with Gasteiger partial charge in [-0.15, -0.1) is 0 Å². The van der Waals surface area contributed by atoms with Crippen LogP contribution in [0.4, 0.5) is 5.82 Å². The molecule has 1 saturated heterocycles. The van der Waals surface area contributed by atoms with Crippen LogP contribution in [0.3, 0.4) is 0 Å². The highest BCUT2D eigenvalue weighted by molar-refractivity contribution is 5.44. The van der Waals surface area contributed by atoms with Gasteiger partial charge in [0.1, 0.15) is 5.82 Å². The summed E-state index contributed by atoms with van der Waals surface area (Å²) >= 11 is 0. The molecule has 2 rings (SSSR count). The summed E-state index contributed by atoms with van der Waals surface area (Å²) < 4.78 is 5.81. The van der Waals surface area contributed by atoms with Gasteiger partial charge in [0.05, 0.1) is 12.2 Å². The van der Waals surface area contributed by atoms with Gasteiger partial charge in [0.15, 0.2) is 0 Å². The number of anilines is 1. The standard InChI is InChI=1S/C16H27N3O/c1-11(2)15-6-14(8-17-5)7-16(18-15)19-9-12(3)20-13(4)10-19/h6-7,11-13,17H,8-10H2,1-5H3/t12-,13+. The van der Waals surface area contributed by atoms with Crippen molar-refractivity contribution in [2.75, 3.05) is 25.0 Å². The van der Waals surface area contributed by atoms with E-state index in [4.69, 9.17) is 9.72 Å². The number of hydrogen-bond acceptors (Lipinski definition) is 4. The van der Waals surface area contributed by atoms with Crippen molar-refractivity contribution in [2.24, 2.45) is 0 Å². The molecule has 1 aromatic rings. The summed E-state index contributed by atoms with van der Waals surface area (Å²) in [5.41, 5.74) is 2.47. The van der Waals surface area contributed by atoms with Gasteiger partial charge in [-0.2, -0.15) is 0 Å². The fourth-order valence-electron chi connectivity index (χ4n) is 2.72. The highest BCUT2D eigenvalue weighted by Gasteiger charge is 2.23. The average molecular weight is 277 g/mol. The van der Waals surface area contributed by atoms with Crippen molar-refractivity contribution >= 4 is 5.82 Å². The Labute approximate surface area is 122 Å². The Kier molecular flexibility index (Phi) is 5.00. The summed E-state index contributed by atoms with van der Waals surface area (Å²) in [6.07, 6.45) is 0.520. The highest BCUT2D eigenvalue weighted by Crippen LogP contribution is 2.23. The van der Waals surface area contributed by atoms with Gasteiger partial charge >= 0.3 is 0 Å². The molecule has 0 radical (unpaired) electrons. The van der Waals surface area contributed by atoms with E-state index in [1.165, 1.54) is 11.3 Å². The minimum atomic E-state index is 0.260. The zero-order valence-corrected chi connectivity index (χ0v) is 13.3. The van der Waals surface area contributed by atoms with Gasteiger partial charge in [-0.1, -0.05) is 13.8 Å². The number of hydrogen-bond donors (Lipinski definition) is 1. The third-order valence-electron chi connectivity index (χ3n) is 3.61. The van der Waals surface area contributed by atoms with Gasteiger partial charge < -0.3 is 15.0 Å². The van der Waals surface area contributed by atoms with Crippen LogP contribution in [0.1, 0.15) is 44.9 Å². The van der Waals surface area contributed by atoms with Gasteiger partial charge in [0, 0.05) is 25.3 Å². The maximum Gasteiger partial charge on any atom is 0.129 e. The van der Waals surface area contributed by atoms with E-state index >= 15 is 0 Å². The normalized spacial score (nSPS) is 23.4. The molecule has 0 bridgehead atoms. The van der Waals surface area contributed by atoms with Crippen molar-refractivity contribution in [2.45, 2.75) is 52.4 Å². The van der Waals surface area contributed by atoms with E-state index in [-0.39, 0.29) is 12.2 Å². The summed E-state index contributed by atoms with van der Waals surface area (Å²) in [4.78, 5) is 7.20. The lowest BCUT2D eigenvalue weighted by Gasteiger charge is -2.36. The van der Waals surface area contributed by atoms with Gasteiger partial charge in [-0.3, -0.25) is 0 Å². The van der Waals surface area contributed by atoms with Crippen LogP contribution in [0.5, 0.6) is 0 Å². The zero-order valence-electron chi connectivity index (χ0n) is 13.3. The van der Waals surface area contributed by atoms with Gasteiger partial charge in [0.25, 0.3) is 0 Å². The Hall–Kier alpha value is -1.13. The molecule has 4 heteroatoms. The maximum atomic E-state index is 5.81. The number of aromatic nitrogens is 1. The van der Waals surface area contributed by atoms with Crippen LogP contribution in [0, 0.1) is 0 Å². The highest BCUT2D eigenvalue weighted by atomic mass is 16.5. The number of ether oxygens (including phenoxy) is 1. The Morgan fingerprint density at radius 1 is 1.30 bits per heavy atom. The molecule has 2 heterocycles. The van der Waals surface area contributed by atoms with E-state index < -0.39 is 0 Å². The first-order valence-corrected chi connectivity index (χ1v) is 7.55. The maximum absolute atomic E-state index is 5.81. The molecule has 1 aliphatic heterocycles. The first kappa shape index (κ1) is 15.3. The van der Waals surface area contributed by atoms with Crippen LogP contribution in [0.25, 0.3) is 0 Å². The van der Waals surface area contributed by atoms with Crippen molar-refractivity contribution in [3.05, 3.63) is 23.4 Å². The zero-order chi connectivity index (χ0) is 14.7. The first-order valence-electron chi connectivity index (χ1n) is 7.55. The molecule has 0 unspecified atom stereocenters. The van der Waals surface area contributed by atoms with Crippen molar-refractivity contribution in [3.63, 3.8) is 0 Å². The minimum absolute atomic E-state index is 0.260. The second-order valence-electron chi connectivity index (χ2n) is 6.11. The Morgan fingerprint density at radius 3 is 2.50 bits per heavy atom. The summed E-state index contributed by atoms with van der Waals surface area (Å²) in [6, 6.07) is 4.41. The predicted octanol–water partition coefficient (Wildman–Crippen LogP) is 2.54. The van der Waals surface area contributed by atoms with E-state index in [9.17, 15) is 0 Å². The van der Waals surface area contributed by atoms with Crippen LogP contribution < -0.4 is 10.2 Å². The molecule has 20 heavy (non-hydrogen) atoms. The number of nitrogens with zero attached hydrogens (tertiary/aromatic N) is 2. The molecular weight excluding hydrogens is 250 g/mol. The van der Waals surface area contributed by atoms with E-state index in [2.05, 4.69) is 50.0 Å². The predicted molar refractivity (Wildman–Crippen MR) is 83.3 cm³/mol. The number of pyridine rings is 1. The lowest BCUT2D eigenvalue weighted by atomic mass is 10.1. The second kappa shape index (κ2) is 6.55. The topological polar surface area (TPSA) is 37.4 Å². The van der Waals surface area contributed by atoms with E-state index in [1.807, 2.05) is 7.05 Å². The quantitative estimate of drug-likeness (QED) is 0.918. The molecule has 4 nitrogen and oxygen atoms in total. The Bertz CT molecular complexity index is 437. The van der Waals surface area contributed by atoms with Crippen LogP contribution in [-0.2, 0) is 11.3 Å². The van der Waals surface area contributed by atoms with Crippen molar-refractivity contribution in [1.82, 2.24) is 10.3 Å². The number of rotatable bonds is 4. The molecule has 0 aromatic carbocycles. The molecule has 112 valence electrons. The Morgan fingerprint density at radius 2 is 1.95 bits per heavy atom. The van der Waals surface area contributed by atoms with Crippen LogP contribution in [0.15, 0.2) is 12.1 Å². The van der Waals surface area contributed by atoms with E-state index in [1.54, 1.807) is 0 Å². The smallest absolute Gasteiger partial charge is 0.129 e. The molecule has 0 amide bonds. The number of nitrogens with one attached hydrogen (secondary N) is 1. The number of morpholine rings is 1. The largest absolute Gasteiger partial charge is 0.372 e. The molecule has 1 aliphatic rings. The third-order valence-corrected chi connectivity index (χ3v) is 3.61. The lowest BCUT2D eigenvalue weighted by molar-refractivity contribution is -0.00547. The second-order valence-corrected chi connectivity index (χ2v) is 6.11. The fourth-order valence-corrected chi connectivity index (χ4v) is 2.72. The van der Waals surface area contributed by atoms with Gasteiger partial charge in [0.2, 0.25) is 0 Å². The summed E-state index contributed by atoms with van der Waals surface area (Å²) in [5.74, 6) is 1.53. The van der Waals surface area contributed by atoms with Gasteiger partial charge in [-0.25, -0.2) is 4.98 Å². The molecule has 1 N–H and O–H groups in total. The molecule has 2 atom stereocenters. The Balaban J connectivity index is 2.29. The van der Waals surface area contributed by atoms with Crippen LogP contribution in [-0.4, -0.2) is 37.3 Å². The monoisotopic (exact) mass is 277 g/mol. The summed E-state index contributed by atoms with van der Waals surface area (Å²) in [6.45, 7) is 11.4. The van der Waals surface area contributed by atoms with Crippen LogP contribution in [0.2, 0.25) is 0 Å². The average Bonchev–Trinajstić information content (AvgIpc) is 2.37. The SMILES string of the molecule is CNCc1cc(C(C)C)nc(N2C[C@@H](C)O[C@@H](C)C2)c1. The molecule has 1 fully saturated rings. The van der Waals surface area contributed by atoms with E-state index in [0.29, 0.717) is 5.92 Å². The fraction of sp³-hybridized carbons (Fsp3) is 0.688. The van der Waals surface area contributed by atoms with Crippen molar-refractivity contribution in [1.29, 1.82) is 0 Å². The minimum Gasteiger partial charge on any atom is -0.372 e. The molecule has 1 aromatic heterocycles. The van der Waals surface area contributed by atoms with Crippen LogP contribution >= 0.6 is 0 Å². The van der Waals surface area contributed by atoms with Crippen molar-refractivity contribution in [3.8, 4) is 0 Å². The first-order chi connectivity index (χ1) is 9.49.